The molecule has 0 aromatic heterocycles. The first kappa shape index (κ1) is 11.1. The van der Waals surface area contributed by atoms with E-state index in [1.807, 2.05) is 0 Å². The van der Waals surface area contributed by atoms with Gasteiger partial charge in [-0.05, 0) is 24.2 Å². The van der Waals surface area contributed by atoms with Crippen LogP contribution in [0, 0.1) is 11.3 Å². The Kier molecular flexibility index (Phi) is 2.86. The highest BCUT2D eigenvalue weighted by Crippen LogP contribution is 2.64. The summed E-state index contributed by atoms with van der Waals surface area (Å²) in [5.41, 5.74) is -0.0350. The predicted octanol–water partition coefficient (Wildman–Crippen LogP) is 2.12. The molecule has 2 nitrogen and oxygen atoms in total. The van der Waals surface area contributed by atoms with Crippen molar-refractivity contribution in [2.75, 3.05) is 6.61 Å². The maximum atomic E-state index is 12.5. The summed E-state index contributed by atoms with van der Waals surface area (Å²) in [7, 11) is 0. The van der Waals surface area contributed by atoms with Gasteiger partial charge in [-0.15, -0.1) is 12.4 Å². The number of hydrogen-bond acceptors (Lipinski definition) is 2. The van der Waals surface area contributed by atoms with Gasteiger partial charge in [-0.3, -0.25) is 0 Å². The molecule has 13 heavy (non-hydrogen) atoms. The minimum atomic E-state index is -2.38. The molecular weight excluding hydrogens is 200 g/mol. The van der Waals surface area contributed by atoms with Crippen molar-refractivity contribution in [3.8, 4) is 0 Å². The predicted molar refractivity (Wildman–Crippen MR) is 46.7 cm³/mol. The summed E-state index contributed by atoms with van der Waals surface area (Å²) in [6.45, 7) is 0.521. The lowest BCUT2D eigenvalue weighted by Gasteiger charge is -2.57. The second kappa shape index (κ2) is 3.33. The molecule has 0 amide bonds. The van der Waals surface area contributed by atoms with Crippen LogP contribution >= 0.6 is 12.4 Å². The number of halogens is 3. The van der Waals surface area contributed by atoms with E-state index in [2.05, 4.69) is 4.84 Å². The molecular formula is C8H14ClF2NO. The van der Waals surface area contributed by atoms with Crippen LogP contribution in [0.25, 0.3) is 0 Å². The summed E-state index contributed by atoms with van der Waals surface area (Å²) < 4.78 is 25.0. The van der Waals surface area contributed by atoms with Crippen molar-refractivity contribution in [1.82, 2.24) is 0 Å². The van der Waals surface area contributed by atoms with Crippen molar-refractivity contribution in [1.29, 1.82) is 0 Å². The first-order chi connectivity index (χ1) is 5.55. The molecule has 2 N–H and O–H groups in total. The smallest absolute Gasteiger partial charge is 0.249 e. The zero-order valence-corrected chi connectivity index (χ0v) is 8.08. The molecule has 0 radical (unpaired) electrons. The third-order valence-corrected chi connectivity index (χ3v) is 3.04. The minimum absolute atomic E-state index is 0. The molecule has 1 spiro atoms. The first-order valence-electron chi connectivity index (χ1n) is 4.25. The Balaban J connectivity index is 0.000000845. The zero-order chi connectivity index (χ0) is 8.82. The van der Waals surface area contributed by atoms with Crippen LogP contribution in [-0.2, 0) is 4.84 Å². The van der Waals surface area contributed by atoms with Gasteiger partial charge in [0.25, 0.3) is 0 Å². The molecule has 0 saturated heterocycles. The lowest BCUT2D eigenvalue weighted by Crippen LogP contribution is -2.54. The third-order valence-electron chi connectivity index (χ3n) is 3.04. The fraction of sp³-hybridized carbons (Fsp3) is 1.00. The highest BCUT2D eigenvalue weighted by molar-refractivity contribution is 5.85. The Hall–Kier alpha value is 0.0700. The molecule has 0 heterocycles. The molecule has 2 aliphatic rings. The molecule has 78 valence electrons. The first-order valence-corrected chi connectivity index (χ1v) is 4.25. The third kappa shape index (κ3) is 1.95. The summed E-state index contributed by atoms with van der Waals surface area (Å²) in [6, 6.07) is 0. The molecule has 2 fully saturated rings. The number of nitrogens with two attached hydrogens (primary N) is 1. The maximum Gasteiger partial charge on any atom is 0.249 e. The topological polar surface area (TPSA) is 35.2 Å². The lowest BCUT2D eigenvalue weighted by atomic mass is 9.50. The molecule has 0 atom stereocenters. The van der Waals surface area contributed by atoms with Crippen LogP contribution in [0.4, 0.5) is 8.78 Å². The van der Waals surface area contributed by atoms with E-state index in [0.29, 0.717) is 12.5 Å². The zero-order valence-electron chi connectivity index (χ0n) is 7.26. The Labute approximate surface area is 82.2 Å². The monoisotopic (exact) mass is 213 g/mol. The second-order valence-corrected chi connectivity index (χ2v) is 4.32. The van der Waals surface area contributed by atoms with Crippen LogP contribution in [0.1, 0.15) is 25.7 Å². The van der Waals surface area contributed by atoms with Gasteiger partial charge < -0.3 is 4.84 Å². The van der Waals surface area contributed by atoms with Crippen molar-refractivity contribution in [2.45, 2.75) is 31.6 Å². The molecule has 2 rings (SSSR count). The Morgan fingerprint density at radius 2 is 1.85 bits per heavy atom. The fourth-order valence-electron chi connectivity index (χ4n) is 2.75. The van der Waals surface area contributed by atoms with Gasteiger partial charge in [-0.1, -0.05) is 0 Å². The lowest BCUT2D eigenvalue weighted by molar-refractivity contribution is -0.212. The normalized spacial score (nSPS) is 28.8. The number of rotatable bonds is 2. The van der Waals surface area contributed by atoms with Gasteiger partial charge in [0.2, 0.25) is 5.92 Å². The number of hydrogen-bond donors (Lipinski definition) is 1. The van der Waals surface area contributed by atoms with E-state index < -0.39 is 5.92 Å². The Morgan fingerprint density at radius 3 is 2.23 bits per heavy atom. The van der Waals surface area contributed by atoms with E-state index in [1.165, 1.54) is 0 Å². The molecule has 0 aromatic carbocycles. The van der Waals surface area contributed by atoms with E-state index >= 15 is 0 Å². The molecule has 0 aromatic rings. The van der Waals surface area contributed by atoms with Crippen molar-refractivity contribution >= 4 is 12.4 Å². The van der Waals surface area contributed by atoms with Gasteiger partial charge in [0, 0.05) is 12.8 Å². The SMILES string of the molecule is Cl.NOCC1CC2(C1)CC(F)(F)C2. The van der Waals surface area contributed by atoms with Crippen LogP contribution in [-0.4, -0.2) is 12.5 Å². The van der Waals surface area contributed by atoms with E-state index in [-0.39, 0.29) is 30.7 Å². The van der Waals surface area contributed by atoms with Gasteiger partial charge in [0.1, 0.15) is 0 Å². The average Bonchev–Trinajstić information content (AvgIpc) is 1.80. The minimum Gasteiger partial charge on any atom is -0.304 e. The summed E-state index contributed by atoms with van der Waals surface area (Å²) in [6.07, 6.45) is 1.92. The molecule has 5 heteroatoms. The van der Waals surface area contributed by atoms with E-state index in [1.54, 1.807) is 0 Å². The molecule has 0 unspecified atom stereocenters. The summed E-state index contributed by atoms with van der Waals surface area (Å²) in [5.74, 6) is 2.93. The largest absolute Gasteiger partial charge is 0.304 e. The van der Waals surface area contributed by atoms with Crippen molar-refractivity contribution in [3.05, 3.63) is 0 Å². The van der Waals surface area contributed by atoms with Gasteiger partial charge in [0.05, 0.1) is 6.61 Å². The van der Waals surface area contributed by atoms with Gasteiger partial charge in [-0.2, -0.15) is 0 Å². The molecule has 0 aliphatic heterocycles. The van der Waals surface area contributed by atoms with Crippen molar-refractivity contribution < 1.29 is 13.6 Å². The van der Waals surface area contributed by atoms with E-state index in [9.17, 15) is 8.78 Å². The summed E-state index contributed by atoms with van der Waals surface area (Å²) in [5, 5.41) is 0. The van der Waals surface area contributed by atoms with Gasteiger partial charge in [-0.25, -0.2) is 14.7 Å². The van der Waals surface area contributed by atoms with Gasteiger partial charge >= 0.3 is 0 Å². The highest BCUT2D eigenvalue weighted by Gasteiger charge is 2.61. The second-order valence-electron chi connectivity index (χ2n) is 4.32. The van der Waals surface area contributed by atoms with Crippen LogP contribution in [0.3, 0.4) is 0 Å². The van der Waals surface area contributed by atoms with Crippen molar-refractivity contribution in [2.24, 2.45) is 17.2 Å². The Bertz CT molecular complexity index is 185. The van der Waals surface area contributed by atoms with Crippen molar-refractivity contribution in [3.63, 3.8) is 0 Å². The van der Waals surface area contributed by atoms with E-state index in [4.69, 9.17) is 5.90 Å². The maximum absolute atomic E-state index is 12.5. The van der Waals surface area contributed by atoms with Crippen LogP contribution in [0.5, 0.6) is 0 Å². The highest BCUT2D eigenvalue weighted by atomic mass is 35.5. The van der Waals surface area contributed by atoms with Crippen LogP contribution in [0.2, 0.25) is 0 Å². The van der Waals surface area contributed by atoms with E-state index in [0.717, 1.165) is 12.8 Å². The molecule has 2 saturated carbocycles. The van der Waals surface area contributed by atoms with Crippen LogP contribution < -0.4 is 5.90 Å². The van der Waals surface area contributed by atoms with Crippen LogP contribution in [0.15, 0.2) is 0 Å². The number of alkyl halides is 2. The summed E-state index contributed by atoms with van der Waals surface area (Å²) in [4.78, 5) is 4.47. The summed E-state index contributed by atoms with van der Waals surface area (Å²) >= 11 is 0. The average molecular weight is 214 g/mol. The Morgan fingerprint density at radius 1 is 1.31 bits per heavy atom. The fourth-order valence-corrected chi connectivity index (χ4v) is 2.75. The van der Waals surface area contributed by atoms with Gasteiger partial charge in [0.15, 0.2) is 0 Å². The standard InChI is InChI=1S/C8H13F2NO.ClH/c9-8(10)4-7(5-8)1-6(2-7)3-12-11;/h6H,1-5,11H2;1H. The quantitative estimate of drug-likeness (QED) is 0.714. The molecule has 2 aliphatic carbocycles. The molecule has 0 bridgehead atoms.